The molecule has 1 rings (SSSR count). The maximum atomic E-state index is 11.7. The molecule has 1 amide bonds. The van der Waals surface area contributed by atoms with Gasteiger partial charge in [-0.25, -0.2) is 0 Å². The fourth-order valence-corrected chi connectivity index (χ4v) is 1.28. The van der Waals surface area contributed by atoms with Crippen molar-refractivity contribution >= 4 is 5.91 Å². The highest BCUT2D eigenvalue weighted by molar-refractivity contribution is 5.76. The molecule has 1 atom stereocenters. The van der Waals surface area contributed by atoms with Gasteiger partial charge in [0.25, 0.3) is 0 Å². The van der Waals surface area contributed by atoms with Crippen molar-refractivity contribution in [3.05, 3.63) is 30.1 Å². The van der Waals surface area contributed by atoms with Crippen molar-refractivity contribution in [2.45, 2.75) is 39.8 Å². The van der Waals surface area contributed by atoms with Gasteiger partial charge in [-0.05, 0) is 23.1 Å². The second-order valence-electron chi connectivity index (χ2n) is 5.31. The Bertz CT molecular complexity index is 357. The van der Waals surface area contributed by atoms with Gasteiger partial charge in [-0.1, -0.05) is 20.8 Å². The number of hydrogen-bond acceptors (Lipinski definition) is 3. The maximum Gasteiger partial charge on any atom is 0.221 e. The molecule has 1 aromatic rings. The van der Waals surface area contributed by atoms with Crippen molar-refractivity contribution in [1.82, 2.24) is 10.3 Å². The summed E-state index contributed by atoms with van der Waals surface area (Å²) in [6.07, 6.45) is 3.78. The quantitative estimate of drug-likeness (QED) is 0.830. The van der Waals surface area contributed by atoms with E-state index < -0.39 is 0 Å². The molecule has 3 N–H and O–H groups in total. The van der Waals surface area contributed by atoms with Gasteiger partial charge in [-0.2, -0.15) is 0 Å². The summed E-state index contributed by atoms with van der Waals surface area (Å²) in [6.45, 7) is 6.63. The molecule has 0 radical (unpaired) electrons. The summed E-state index contributed by atoms with van der Waals surface area (Å²) in [7, 11) is 0. The van der Waals surface area contributed by atoms with E-state index in [9.17, 15) is 4.79 Å². The predicted molar refractivity (Wildman–Crippen MR) is 68.1 cm³/mol. The molecule has 0 aliphatic carbocycles. The molecular formula is C13H21N3O. The summed E-state index contributed by atoms with van der Waals surface area (Å²) in [5, 5.41) is 2.86. The van der Waals surface area contributed by atoms with Crippen molar-refractivity contribution in [2.24, 2.45) is 11.1 Å². The first-order valence-electron chi connectivity index (χ1n) is 5.81. The fourth-order valence-electron chi connectivity index (χ4n) is 1.28. The van der Waals surface area contributed by atoms with Crippen LogP contribution in [-0.4, -0.2) is 16.9 Å². The van der Waals surface area contributed by atoms with Crippen LogP contribution in [-0.2, 0) is 11.3 Å². The number of carbonyl (C=O) groups excluding carboxylic acids is 1. The largest absolute Gasteiger partial charge is 0.352 e. The standard InChI is InChI=1S/C13H21N3O/c1-13(2,3)11(14)8-12(17)16-9-10-4-6-15-7-5-10/h4-7,11H,8-9,14H2,1-3H3,(H,16,17). The van der Waals surface area contributed by atoms with E-state index in [1.165, 1.54) is 0 Å². The number of carbonyl (C=O) groups is 1. The van der Waals surface area contributed by atoms with E-state index in [2.05, 4.69) is 10.3 Å². The molecule has 1 heterocycles. The number of aromatic nitrogens is 1. The Balaban J connectivity index is 2.36. The van der Waals surface area contributed by atoms with E-state index in [0.29, 0.717) is 13.0 Å². The molecule has 4 nitrogen and oxygen atoms in total. The van der Waals surface area contributed by atoms with Crippen LogP contribution in [0.25, 0.3) is 0 Å². The summed E-state index contributed by atoms with van der Waals surface area (Å²) in [6, 6.07) is 3.63. The number of nitrogens with zero attached hydrogens (tertiary/aromatic N) is 1. The molecule has 0 fully saturated rings. The molecule has 0 saturated carbocycles. The molecule has 0 aliphatic rings. The second kappa shape index (κ2) is 5.77. The Morgan fingerprint density at radius 1 is 1.41 bits per heavy atom. The third kappa shape index (κ3) is 4.95. The molecule has 1 aromatic heterocycles. The monoisotopic (exact) mass is 235 g/mol. The zero-order valence-electron chi connectivity index (χ0n) is 10.7. The van der Waals surface area contributed by atoms with Gasteiger partial charge in [-0.3, -0.25) is 9.78 Å². The Hall–Kier alpha value is -1.42. The normalized spacial score (nSPS) is 13.2. The van der Waals surface area contributed by atoms with Crippen molar-refractivity contribution in [2.75, 3.05) is 0 Å². The molecule has 0 aliphatic heterocycles. The summed E-state index contributed by atoms with van der Waals surface area (Å²) in [5.74, 6) is -0.00997. The van der Waals surface area contributed by atoms with Gasteiger partial charge in [-0.15, -0.1) is 0 Å². The van der Waals surface area contributed by atoms with Gasteiger partial charge < -0.3 is 11.1 Å². The maximum absolute atomic E-state index is 11.7. The minimum Gasteiger partial charge on any atom is -0.352 e. The summed E-state index contributed by atoms with van der Waals surface area (Å²) >= 11 is 0. The highest BCUT2D eigenvalue weighted by atomic mass is 16.1. The highest BCUT2D eigenvalue weighted by Gasteiger charge is 2.22. The van der Waals surface area contributed by atoms with Gasteiger partial charge in [0.2, 0.25) is 5.91 Å². The Morgan fingerprint density at radius 3 is 2.53 bits per heavy atom. The van der Waals surface area contributed by atoms with E-state index in [4.69, 9.17) is 5.73 Å². The summed E-state index contributed by atoms with van der Waals surface area (Å²) in [4.78, 5) is 15.6. The van der Waals surface area contributed by atoms with Crippen LogP contribution in [0.4, 0.5) is 0 Å². The molecule has 0 aromatic carbocycles. The first kappa shape index (κ1) is 13.6. The third-order valence-electron chi connectivity index (χ3n) is 2.76. The average Bonchev–Trinajstić information content (AvgIpc) is 2.26. The van der Waals surface area contributed by atoms with Crippen LogP contribution < -0.4 is 11.1 Å². The highest BCUT2D eigenvalue weighted by Crippen LogP contribution is 2.19. The first-order valence-corrected chi connectivity index (χ1v) is 5.81. The van der Waals surface area contributed by atoms with E-state index in [-0.39, 0.29) is 17.4 Å². The molecule has 1 unspecified atom stereocenters. The smallest absolute Gasteiger partial charge is 0.221 e. The fraction of sp³-hybridized carbons (Fsp3) is 0.538. The minimum atomic E-state index is -0.125. The summed E-state index contributed by atoms with van der Waals surface area (Å²) < 4.78 is 0. The van der Waals surface area contributed by atoms with Crippen LogP contribution in [0.1, 0.15) is 32.8 Å². The van der Waals surface area contributed by atoms with Crippen LogP contribution in [0.5, 0.6) is 0 Å². The number of nitrogens with two attached hydrogens (primary N) is 1. The van der Waals surface area contributed by atoms with E-state index in [1.807, 2.05) is 32.9 Å². The molecule has 4 heteroatoms. The lowest BCUT2D eigenvalue weighted by molar-refractivity contribution is -0.122. The van der Waals surface area contributed by atoms with Crippen LogP contribution in [0, 0.1) is 5.41 Å². The lowest BCUT2D eigenvalue weighted by atomic mass is 9.85. The molecule has 0 bridgehead atoms. The van der Waals surface area contributed by atoms with Gasteiger partial charge in [0.05, 0.1) is 0 Å². The number of nitrogens with one attached hydrogen (secondary N) is 1. The number of hydrogen-bond donors (Lipinski definition) is 2. The van der Waals surface area contributed by atoms with Crippen LogP contribution in [0.3, 0.4) is 0 Å². The molecule has 0 spiro atoms. The van der Waals surface area contributed by atoms with Crippen LogP contribution in [0.2, 0.25) is 0 Å². The predicted octanol–water partition coefficient (Wildman–Crippen LogP) is 1.46. The Kier molecular flexibility index (Phi) is 4.63. The first-order chi connectivity index (χ1) is 7.89. The molecule has 0 saturated heterocycles. The third-order valence-corrected chi connectivity index (χ3v) is 2.76. The average molecular weight is 235 g/mol. The SMILES string of the molecule is CC(C)(C)C(N)CC(=O)NCc1ccncc1. The van der Waals surface area contributed by atoms with Gasteiger partial charge in [0, 0.05) is 31.4 Å². The van der Waals surface area contributed by atoms with Crippen LogP contribution >= 0.6 is 0 Å². The van der Waals surface area contributed by atoms with E-state index >= 15 is 0 Å². The lowest BCUT2D eigenvalue weighted by Crippen LogP contribution is -2.40. The molecule has 17 heavy (non-hydrogen) atoms. The Morgan fingerprint density at radius 2 is 2.00 bits per heavy atom. The van der Waals surface area contributed by atoms with Gasteiger partial charge in [0.15, 0.2) is 0 Å². The molecule has 94 valence electrons. The zero-order valence-corrected chi connectivity index (χ0v) is 10.7. The lowest BCUT2D eigenvalue weighted by Gasteiger charge is -2.26. The number of amides is 1. The minimum absolute atomic E-state index is 0.00997. The second-order valence-corrected chi connectivity index (χ2v) is 5.31. The number of pyridine rings is 1. The zero-order chi connectivity index (χ0) is 12.9. The summed E-state index contributed by atoms with van der Waals surface area (Å²) in [5.41, 5.74) is 6.94. The van der Waals surface area contributed by atoms with E-state index in [0.717, 1.165) is 5.56 Å². The van der Waals surface area contributed by atoms with E-state index in [1.54, 1.807) is 12.4 Å². The topological polar surface area (TPSA) is 68.0 Å². The molecular weight excluding hydrogens is 214 g/mol. The van der Waals surface area contributed by atoms with Crippen LogP contribution in [0.15, 0.2) is 24.5 Å². The number of rotatable bonds is 4. The van der Waals surface area contributed by atoms with Gasteiger partial charge in [0.1, 0.15) is 0 Å². The van der Waals surface area contributed by atoms with Crippen molar-refractivity contribution < 1.29 is 4.79 Å². The Labute approximate surface area is 103 Å². The van der Waals surface area contributed by atoms with Crippen molar-refractivity contribution in [1.29, 1.82) is 0 Å². The van der Waals surface area contributed by atoms with Crippen molar-refractivity contribution in [3.63, 3.8) is 0 Å². The van der Waals surface area contributed by atoms with Crippen molar-refractivity contribution in [3.8, 4) is 0 Å². The van der Waals surface area contributed by atoms with Gasteiger partial charge >= 0.3 is 0 Å².